The van der Waals surface area contributed by atoms with E-state index in [9.17, 15) is 9.59 Å². The van der Waals surface area contributed by atoms with E-state index in [1.165, 1.54) is 10.8 Å². The average molecular weight is 296 g/mol. The lowest BCUT2D eigenvalue weighted by Crippen LogP contribution is -2.28. The van der Waals surface area contributed by atoms with Gasteiger partial charge in [0.05, 0.1) is 11.8 Å². The molecule has 0 saturated heterocycles. The van der Waals surface area contributed by atoms with Crippen molar-refractivity contribution in [2.45, 2.75) is 6.54 Å². The Kier molecular flexibility index (Phi) is 3.50. The molecule has 22 heavy (non-hydrogen) atoms. The van der Waals surface area contributed by atoms with Crippen molar-refractivity contribution in [1.29, 1.82) is 0 Å². The molecule has 6 nitrogen and oxygen atoms in total. The number of aromatic nitrogens is 3. The summed E-state index contributed by atoms with van der Waals surface area (Å²) in [6.07, 6.45) is 3.07. The Morgan fingerprint density at radius 2 is 2.05 bits per heavy atom. The molecule has 112 valence electrons. The second kappa shape index (κ2) is 5.48. The molecule has 2 aromatic heterocycles. The molecule has 0 atom stereocenters. The minimum atomic E-state index is -0.199. The Bertz CT molecular complexity index is 880. The molecule has 3 aromatic rings. The van der Waals surface area contributed by atoms with E-state index in [2.05, 4.69) is 10.2 Å². The topological polar surface area (TPSA) is 71.0 Å². The number of hydrogen-bond acceptors (Lipinski definition) is 3. The predicted molar refractivity (Wildman–Crippen MR) is 83.6 cm³/mol. The van der Waals surface area contributed by atoms with Crippen LogP contribution < -0.4 is 5.56 Å². The van der Waals surface area contributed by atoms with Crippen LogP contribution in [0.4, 0.5) is 0 Å². The minimum absolute atomic E-state index is 0.147. The van der Waals surface area contributed by atoms with E-state index in [0.29, 0.717) is 23.0 Å². The Labute approximate surface area is 127 Å². The normalized spacial score (nSPS) is 10.8. The Morgan fingerprint density at radius 3 is 2.77 bits per heavy atom. The van der Waals surface area contributed by atoms with Gasteiger partial charge in [-0.3, -0.25) is 14.7 Å². The van der Waals surface area contributed by atoms with Crippen molar-refractivity contribution in [3.63, 3.8) is 0 Å². The molecule has 6 heteroatoms. The van der Waals surface area contributed by atoms with Gasteiger partial charge in [0, 0.05) is 32.2 Å². The number of amides is 1. The molecule has 0 aliphatic rings. The summed E-state index contributed by atoms with van der Waals surface area (Å²) in [4.78, 5) is 26.3. The van der Waals surface area contributed by atoms with Crippen molar-refractivity contribution in [2.24, 2.45) is 7.05 Å². The van der Waals surface area contributed by atoms with Crippen LogP contribution in [0.3, 0.4) is 0 Å². The van der Waals surface area contributed by atoms with Crippen molar-refractivity contribution >= 4 is 16.8 Å². The SMILES string of the molecule is CN(Cc1ccccc1)C(=O)c1cn(C)c(=O)c2[nH]ncc12. The molecule has 1 aromatic carbocycles. The fourth-order valence-electron chi connectivity index (χ4n) is 2.46. The maximum Gasteiger partial charge on any atom is 0.276 e. The van der Waals surface area contributed by atoms with Gasteiger partial charge in [-0.1, -0.05) is 30.3 Å². The van der Waals surface area contributed by atoms with Gasteiger partial charge in [0.2, 0.25) is 0 Å². The maximum atomic E-state index is 12.7. The highest BCUT2D eigenvalue weighted by atomic mass is 16.2. The lowest BCUT2D eigenvalue weighted by Gasteiger charge is -2.18. The van der Waals surface area contributed by atoms with Crippen LogP contribution in [0, 0.1) is 0 Å². The van der Waals surface area contributed by atoms with Gasteiger partial charge < -0.3 is 9.47 Å². The number of pyridine rings is 1. The van der Waals surface area contributed by atoms with Gasteiger partial charge in [-0.05, 0) is 5.56 Å². The number of carbonyl (C=O) groups is 1. The van der Waals surface area contributed by atoms with Crippen LogP contribution in [-0.4, -0.2) is 32.6 Å². The lowest BCUT2D eigenvalue weighted by atomic mass is 10.1. The van der Waals surface area contributed by atoms with Crippen molar-refractivity contribution < 1.29 is 4.79 Å². The largest absolute Gasteiger partial charge is 0.337 e. The summed E-state index contributed by atoms with van der Waals surface area (Å²) in [6, 6.07) is 9.76. The third kappa shape index (κ3) is 2.39. The van der Waals surface area contributed by atoms with Crippen LogP contribution >= 0.6 is 0 Å². The van der Waals surface area contributed by atoms with E-state index in [4.69, 9.17) is 0 Å². The summed E-state index contributed by atoms with van der Waals surface area (Å²) in [6.45, 7) is 0.502. The number of fused-ring (bicyclic) bond motifs is 1. The molecule has 0 radical (unpaired) electrons. The lowest BCUT2D eigenvalue weighted by molar-refractivity contribution is 0.0786. The van der Waals surface area contributed by atoms with E-state index < -0.39 is 0 Å². The fourth-order valence-corrected chi connectivity index (χ4v) is 2.46. The highest BCUT2D eigenvalue weighted by Gasteiger charge is 2.18. The summed E-state index contributed by atoms with van der Waals surface area (Å²) in [5.74, 6) is -0.147. The third-order valence-corrected chi connectivity index (χ3v) is 3.63. The summed E-state index contributed by atoms with van der Waals surface area (Å²) >= 11 is 0. The molecule has 2 heterocycles. The summed E-state index contributed by atoms with van der Waals surface area (Å²) in [5, 5.41) is 7.09. The zero-order valence-electron chi connectivity index (χ0n) is 12.4. The number of aryl methyl sites for hydroxylation is 1. The molecule has 1 amide bonds. The van der Waals surface area contributed by atoms with Gasteiger partial charge in [-0.25, -0.2) is 0 Å². The number of rotatable bonds is 3. The molecular weight excluding hydrogens is 280 g/mol. The van der Waals surface area contributed by atoms with Gasteiger partial charge >= 0.3 is 0 Å². The van der Waals surface area contributed by atoms with Gasteiger partial charge in [-0.15, -0.1) is 0 Å². The summed E-state index contributed by atoms with van der Waals surface area (Å²) in [5.41, 5.74) is 1.66. The molecule has 3 rings (SSSR count). The number of H-pyrrole nitrogens is 1. The second-order valence-electron chi connectivity index (χ2n) is 5.26. The molecule has 0 saturated carbocycles. The Hall–Kier alpha value is -2.89. The van der Waals surface area contributed by atoms with Crippen molar-refractivity contribution in [3.05, 3.63) is 64.2 Å². The van der Waals surface area contributed by atoms with Gasteiger partial charge in [0.25, 0.3) is 11.5 Å². The van der Waals surface area contributed by atoms with Crippen LogP contribution in [0.2, 0.25) is 0 Å². The summed E-state index contributed by atoms with van der Waals surface area (Å²) < 4.78 is 1.39. The molecule has 0 aliphatic carbocycles. The molecular formula is C16H16N4O2. The molecule has 0 fully saturated rings. The van der Waals surface area contributed by atoms with Gasteiger partial charge in [0.1, 0.15) is 5.52 Å². The monoisotopic (exact) mass is 296 g/mol. The number of aromatic amines is 1. The van der Waals surface area contributed by atoms with Crippen molar-refractivity contribution in [2.75, 3.05) is 7.05 Å². The zero-order valence-corrected chi connectivity index (χ0v) is 12.4. The zero-order chi connectivity index (χ0) is 15.7. The van der Waals surface area contributed by atoms with E-state index in [1.54, 1.807) is 25.2 Å². The number of benzene rings is 1. The molecule has 0 unspecified atom stereocenters. The highest BCUT2D eigenvalue weighted by molar-refractivity contribution is 6.05. The first-order valence-corrected chi connectivity index (χ1v) is 6.90. The van der Waals surface area contributed by atoms with Gasteiger partial charge in [-0.2, -0.15) is 5.10 Å². The highest BCUT2D eigenvalue weighted by Crippen LogP contribution is 2.15. The predicted octanol–water partition coefficient (Wildman–Crippen LogP) is 1.53. The Morgan fingerprint density at radius 1 is 1.32 bits per heavy atom. The summed E-state index contributed by atoms with van der Waals surface area (Å²) in [7, 11) is 3.36. The Balaban J connectivity index is 1.97. The van der Waals surface area contributed by atoms with E-state index in [1.807, 2.05) is 30.3 Å². The van der Waals surface area contributed by atoms with Crippen molar-refractivity contribution in [3.8, 4) is 0 Å². The van der Waals surface area contributed by atoms with Crippen LogP contribution in [-0.2, 0) is 13.6 Å². The maximum absolute atomic E-state index is 12.7. The first-order valence-electron chi connectivity index (χ1n) is 6.90. The quantitative estimate of drug-likeness (QED) is 0.797. The first-order chi connectivity index (χ1) is 10.6. The molecule has 0 spiro atoms. The third-order valence-electron chi connectivity index (χ3n) is 3.63. The number of nitrogens with zero attached hydrogens (tertiary/aromatic N) is 3. The van der Waals surface area contributed by atoms with Crippen molar-refractivity contribution in [1.82, 2.24) is 19.7 Å². The van der Waals surface area contributed by atoms with E-state index in [0.717, 1.165) is 5.56 Å². The molecule has 1 N–H and O–H groups in total. The minimum Gasteiger partial charge on any atom is -0.337 e. The second-order valence-corrected chi connectivity index (χ2v) is 5.26. The van der Waals surface area contributed by atoms with Crippen LogP contribution in [0.1, 0.15) is 15.9 Å². The first kappa shape index (κ1) is 14.1. The standard InChI is InChI=1S/C16H16N4O2/c1-19(9-11-6-4-3-5-7-11)15(21)13-10-20(2)16(22)14-12(13)8-17-18-14/h3-8,10H,9H2,1-2H3,(H,17,18). The number of nitrogens with one attached hydrogen (secondary N) is 1. The van der Waals surface area contributed by atoms with E-state index >= 15 is 0 Å². The van der Waals surface area contributed by atoms with Crippen LogP contribution in [0.25, 0.3) is 10.9 Å². The number of carbonyl (C=O) groups excluding carboxylic acids is 1. The number of hydrogen-bond donors (Lipinski definition) is 1. The fraction of sp³-hybridized carbons (Fsp3) is 0.188. The smallest absolute Gasteiger partial charge is 0.276 e. The molecule has 0 aliphatic heterocycles. The van der Waals surface area contributed by atoms with Crippen LogP contribution in [0.5, 0.6) is 0 Å². The van der Waals surface area contributed by atoms with E-state index in [-0.39, 0.29) is 11.5 Å². The van der Waals surface area contributed by atoms with Crippen LogP contribution in [0.15, 0.2) is 47.5 Å². The molecule has 0 bridgehead atoms. The average Bonchev–Trinajstić information content (AvgIpc) is 3.01. The van der Waals surface area contributed by atoms with Gasteiger partial charge in [0.15, 0.2) is 0 Å².